The fraction of sp³-hybridized carbons (Fsp3) is 0.462. The Bertz CT molecular complexity index is 522. The summed E-state index contributed by atoms with van der Waals surface area (Å²) in [7, 11) is 0. The first-order valence-corrected chi connectivity index (χ1v) is 7.19. The highest BCUT2D eigenvalue weighted by Gasteiger charge is 2.18. The van der Waals surface area contributed by atoms with Crippen molar-refractivity contribution in [2.75, 3.05) is 6.54 Å². The Labute approximate surface area is 121 Å². The average molecular weight is 324 g/mol. The van der Waals surface area contributed by atoms with E-state index in [-0.39, 0.29) is 12.1 Å². The molecule has 2 aromatic rings. The van der Waals surface area contributed by atoms with Gasteiger partial charge in [-0.1, -0.05) is 35.0 Å². The first-order chi connectivity index (χ1) is 9.13. The molecule has 0 aliphatic heterocycles. The molecule has 0 saturated heterocycles. The third kappa shape index (κ3) is 3.19. The predicted octanol–water partition coefficient (Wildman–Crippen LogP) is 2.72. The van der Waals surface area contributed by atoms with Gasteiger partial charge in [0.05, 0.1) is 12.1 Å². The monoisotopic (exact) mass is 323 g/mol. The number of halogens is 1. The van der Waals surface area contributed by atoms with Crippen LogP contribution in [-0.4, -0.2) is 26.8 Å². The fourth-order valence-electron chi connectivity index (χ4n) is 2.04. The molecule has 2 rings (SSSR count). The number of aromatic nitrogens is 4. The molecule has 6 heteroatoms. The Morgan fingerprint density at radius 1 is 1.26 bits per heavy atom. The normalized spacial score (nSPS) is 14.3. The van der Waals surface area contributed by atoms with Crippen LogP contribution >= 0.6 is 15.9 Å². The molecule has 2 unspecified atom stereocenters. The quantitative estimate of drug-likeness (QED) is 0.919. The van der Waals surface area contributed by atoms with Gasteiger partial charge in [-0.2, -0.15) is 0 Å². The van der Waals surface area contributed by atoms with Crippen molar-refractivity contribution < 1.29 is 0 Å². The van der Waals surface area contributed by atoms with Gasteiger partial charge in [0.15, 0.2) is 5.82 Å². The maximum atomic E-state index is 4.13. The molecule has 1 N–H and O–H groups in total. The Morgan fingerprint density at radius 3 is 2.58 bits per heavy atom. The molecule has 1 aromatic carbocycles. The number of benzene rings is 1. The molecule has 0 fully saturated rings. The van der Waals surface area contributed by atoms with E-state index in [2.05, 4.69) is 69.7 Å². The van der Waals surface area contributed by atoms with Gasteiger partial charge in [-0.15, -0.1) is 5.10 Å². The van der Waals surface area contributed by atoms with Gasteiger partial charge < -0.3 is 5.32 Å². The summed E-state index contributed by atoms with van der Waals surface area (Å²) in [5.74, 6) is 0.859. The summed E-state index contributed by atoms with van der Waals surface area (Å²) in [5.41, 5.74) is 1.18. The number of hydrogen-bond donors (Lipinski definition) is 1. The number of tetrazole rings is 1. The van der Waals surface area contributed by atoms with Crippen LogP contribution in [0, 0.1) is 0 Å². The fourth-order valence-corrected chi connectivity index (χ4v) is 2.31. The summed E-state index contributed by atoms with van der Waals surface area (Å²) in [6, 6.07) is 8.47. The van der Waals surface area contributed by atoms with E-state index in [0.29, 0.717) is 0 Å². The van der Waals surface area contributed by atoms with Crippen molar-refractivity contribution in [1.29, 1.82) is 0 Å². The first kappa shape index (κ1) is 14.1. The molecule has 0 saturated carbocycles. The van der Waals surface area contributed by atoms with Crippen molar-refractivity contribution in [3.8, 4) is 0 Å². The molecule has 102 valence electrons. The van der Waals surface area contributed by atoms with Crippen LogP contribution in [0.5, 0.6) is 0 Å². The van der Waals surface area contributed by atoms with E-state index < -0.39 is 0 Å². The molecular weight excluding hydrogens is 306 g/mol. The van der Waals surface area contributed by atoms with Crippen molar-refractivity contribution in [1.82, 2.24) is 25.5 Å². The molecule has 0 aliphatic rings. The second-order valence-electron chi connectivity index (χ2n) is 4.49. The van der Waals surface area contributed by atoms with E-state index in [0.717, 1.165) is 16.8 Å². The van der Waals surface area contributed by atoms with Crippen molar-refractivity contribution in [2.24, 2.45) is 0 Å². The standard InChI is InChI=1S/C13H18BrN5/c1-4-15-9(2)13-16-17-18-19(13)10(3)11-5-7-12(14)8-6-11/h5-10,15H,4H2,1-3H3. The Morgan fingerprint density at radius 2 is 1.95 bits per heavy atom. The van der Waals surface area contributed by atoms with Crippen LogP contribution in [0.2, 0.25) is 0 Å². The zero-order chi connectivity index (χ0) is 13.8. The molecular formula is C13H18BrN5. The Balaban J connectivity index is 2.26. The molecule has 0 spiro atoms. The van der Waals surface area contributed by atoms with Crippen molar-refractivity contribution in [2.45, 2.75) is 32.9 Å². The third-order valence-electron chi connectivity index (χ3n) is 3.14. The lowest BCUT2D eigenvalue weighted by atomic mass is 10.1. The number of nitrogens with zero attached hydrogens (tertiary/aromatic N) is 4. The minimum atomic E-state index is 0.110. The lowest BCUT2D eigenvalue weighted by molar-refractivity contribution is 0.471. The van der Waals surface area contributed by atoms with Crippen molar-refractivity contribution in [3.05, 3.63) is 40.1 Å². The van der Waals surface area contributed by atoms with Crippen LogP contribution in [0.1, 0.15) is 44.2 Å². The third-order valence-corrected chi connectivity index (χ3v) is 3.66. The maximum Gasteiger partial charge on any atom is 0.168 e. The second kappa shape index (κ2) is 6.25. The summed E-state index contributed by atoms with van der Waals surface area (Å²) in [5, 5.41) is 15.4. The molecule has 0 aliphatic carbocycles. The largest absolute Gasteiger partial charge is 0.308 e. The minimum absolute atomic E-state index is 0.110. The van der Waals surface area contributed by atoms with Gasteiger partial charge in [0.1, 0.15) is 0 Å². The average Bonchev–Trinajstić information content (AvgIpc) is 2.88. The highest BCUT2D eigenvalue weighted by molar-refractivity contribution is 9.10. The van der Waals surface area contributed by atoms with Gasteiger partial charge >= 0.3 is 0 Å². The molecule has 0 radical (unpaired) electrons. The van der Waals surface area contributed by atoms with E-state index in [1.807, 2.05) is 16.8 Å². The van der Waals surface area contributed by atoms with Crippen LogP contribution in [0.15, 0.2) is 28.7 Å². The van der Waals surface area contributed by atoms with Crippen molar-refractivity contribution >= 4 is 15.9 Å². The van der Waals surface area contributed by atoms with Gasteiger partial charge in [0, 0.05) is 4.47 Å². The highest BCUT2D eigenvalue weighted by Crippen LogP contribution is 2.22. The second-order valence-corrected chi connectivity index (χ2v) is 5.40. The molecule has 1 heterocycles. The number of rotatable bonds is 5. The topological polar surface area (TPSA) is 55.6 Å². The van der Waals surface area contributed by atoms with E-state index in [4.69, 9.17) is 0 Å². The van der Waals surface area contributed by atoms with Gasteiger partial charge in [-0.3, -0.25) is 0 Å². The zero-order valence-electron chi connectivity index (χ0n) is 11.3. The molecule has 0 amide bonds. The lowest BCUT2D eigenvalue weighted by Gasteiger charge is -2.17. The first-order valence-electron chi connectivity index (χ1n) is 6.40. The van der Waals surface area contributed by atoms with E-state index in [9.17, 15) is 0 Å². The van der Waals surface area contributed by atoms with E-state index in [1.165, 1.54) is 5.56 Å². The van der Waals surface area contributed by atoms with Crippen LogP contribution in [0.4, 0.5) is 0 Å². The van der Waals surface area contributed by atoms with Crippen LogP contribution in [-0.2, 0) is 0 Å². The summed E-state index contributed by atoms with van der Waals surface area (Å²) in [6.07, 6.45) is 0. The Kier molecular flexibility index (Phi) is 4.66. The van der Waals surface area contributed by atoms with Crippen LogP contribution < -0.4 is 5.32 Å². The van der Waals surface area contributed by atoms with E-state index in [1.54, 1.807) is 0 Å². The van der Waals surface area contributed by atoms with Crippen LogP contribution in [0.3, 0.4) is 0 Å². The molecule has 5 nitrogen and oxygen atoms in total. The maximum absolute atomic E-state index is 4.13. The van der Waals surface area contributed by atoms with Gasteiger partial charge in [0.2, 0.25) is 0 Å². The lowest BCUT2D eigenvalue weighted by Crippen LogP contribution is -2.23. The number of hydrogen-bond acceptors (Lipinski definition) is 4. The molecule has 1 aromatic heterocycles. The summed E-state index contributed by atoms with van der Waals surface area (Å²) >= 11 is 3.44. The summed E-state index contributed by atoms with van der Waals surface area (Å²) in [6.45, 7) is 7.13. The molecule has 2 atom stereocenters. The molecule has 0 bridgehead atoms. The number of nitrogens with one attached hydrogen (secondary N) is 1. The minimum Gasteiger partial charge on any atom is -0.308 e. The smallest absolute Gasteiger partial charge is 0.168 e. The zero-order valence-corrected chi connectivity index (χ0v) is 12.9. The van der Waals surface area contributed by atoms with Crippen LogP contribution in [0.25, 0.3) is 0 Å². The highest BCUT2D eigenvalue weighted by atomic mass is 79.9. The predicted molar refractivity (Wildman–Crippen MR) is 77.9 cm³/mol. The van der Waals surface area contributed by atoms with E-state index >= 15 is 0 Å². The van der Waals surface area contributed by atoms with Gasteiger partial charge in [0.25, 0.3) is 0 Å². The molecule has 19 heavy (non-hydrogen) atoms. The summed E-state index contributed by atoms with van der Waals surface area (Å²) < 4.78 is 2.94. The van der Waals surface area contributed by atoms with Gasteiger partial charge in [-0.05, 0) is 48.5 Å². The summed E-state index contributed by atoms with van der Waals surface area (Å²) in [4.78, 5) is 0. The van der Waals surface area contributed by atoms with Crippen molar-refractivity contribution in [3.63, 3.8) is 0 Å². The SMILES string of the molecule is CCNC(C)c1nnnn1C(C)c1ccc(Br)cc1. The van der Waals surface area contributed by atoms with Gasteiger partial charge in [-0.25, -0.2) is 4.68 Å². The Hall–Kier alpha value is -1.27.